The monoisotopic (exact) mass is 321 g/mol. The van der Waals surface area contributed by atoms with E-state index in [0.29, 0.717) is 12.5 Å². The number of aliphatic hydroxyl groups is 1. The van der Waals surface area contributed by atoms with E-state index in [1.807, 2.05) is 0 Å². The Morgan fingerprint density at radius 1 is 1.29 bits per heavy atom. The van der Waals surface area contributed by atoms with Crippen molar-refractivity contribution in [1.29, 1.82) is 0 Å². The highest BCUT2D eigenvalue weighted by Crippen LogP contribution is 2.27. The Morgan fingerprint density at radius 3 is 2.57 bits per heavy atom. The quantitative estimate of drug-likeness (QED) is 0.517. The molecule has 21 heavy (non-hydrogen) atoms. The van der Waals surface area contributed by atoms with Crippen molar-refractivity contribution in [2.75, 3.05) is 13.1 Å². The fraction of sp³-hybridized carbons (Fsp3) is 0.933. The van der Waals surface area contributed by atoms with E-state index in [4.69, 9.17) is 5.73 Å². The van der Waals surface area contributed by atoms with E-state index in [0.717, 1.165) is 19.3 Å². The molecule has 6 heteroatoms. The molecule has 0 saturated heterocycles. The number of rotatable bonds is 8. The van der Waals surface area contributed by atoms with Gasteiger partial charge >= 0.3 is 6.03 Å². The molecule has 2 amide bonds. The number of nitrogens with two attached hydrogens (primary N) is 1. The number of nitrogens with one attached hydrogen (secondary N) is 2. The lowest BCUT2D eigenvalue weighted by Crippen LogP contribution is -2.47. The number of hydrogen-bond donors (Lipinski definition) is 4. The third-order valence-corrected chi connectivity index (χ3v) is 4.11. The number of aliphatic hydroxyl groups excluding tert-OH is 1. The number of unbranched alkanes of at least 4 members (excludes halogenated alkanes) is 1. The van der Waals surface area contributed by atoms with E-state index in [9.17, 15) is 9.90 Å². The van der Waals surface area contributed by atoms with E-state index >= 15 is 0 Å². The molecule has 0 heterocycles. The first-order valence-electron chi connectivity index (χ1n) is 8.08. The molecule has 0 radical (unpaired) electrons. The molecule has 126 valence electrons. The number of halogens is 1. The van der Waals surface area contributed by atoms with Gasteiger partial charge in [0.05, 0.1) is 6.10 Å². The van der Waals surface area contributed by atoms with Crippen molar-refractivity contribution in [1.82, 2.24) is 10.6 Å². The zero-order chi connectivity index (χ0) is 14.8. The summed E-state index contributed by atoms with van der Waals surface area (Å²) < 4.78 is 0. The number of carbonyl (C=O) groups is 1. The summed E-state index contributed by atoms with van der Waals surface area (Å²) in [5.74, 6) is 0.645. The van der Waals surface area contributed by atoms with E-state index in [-0.39, 0.29) is 31.0 Å². The summed E-state index contributed by atoms with van der Waals surface area (Å²) in [5.41, 5.74) is 6.03. The van der Waals surface area contributed by atoms with Gasteiger partial charge in [-0.2, -0.15) is 0 Å². The normalized spacial score (nSPS) is 18.4. The Balaban J connectivity index is 0.00000400. The van der Waals surface area contributed by atoms with Gasteiger partial charge in [0, 0.05) is 19.1 Å². The molecule has 5 nitrogen and oxygen atoms in total. The summed E-state index contributed by atoms with van der Waals surface area (Å²) >= 11 is 0. The van der Waals surface area contributed by atoms with Gasteiger partial charge in [-0.3, -0.25) is 0 Å². The highest BCUT2D eigenvalue weighted by Gasteiger charge is 2.21. The van der Waals surface area contributed by atoms with Crippen molar-refractivity contribution in [2.24, 2.45) is 11.7 Å². The molecule has 1 aliphatic rings. The molecule has 5 N–H and O–H groups in total. The van der Waals surface area contributed by atoms with Gasteiger partial charge in [-0.25, -0.2) is 4.79 Å². The van der Waals surface area contributed by atoms with Crippen LogP contribution in [-0.2, 0) is 0 Å². The molecule has 0 aromatic heterocycles. The minimum atomic E-state index is -0.658. The summed E-state index contributed by atoms with van der Waals surface area (Å²) in [4.78, 5) is 11.5. The van der Waals surface area contributed by atoms with Crippen LogP contribution in [0.5, 0.6) is 0 Å². The molecule has 1 saturated carbocycles. The fourth-order valence-electron chi connectivity index (χ4n) is 2.75. The minimum absolute atomic E-state index is 0. The van der Waals surface area contributed by atoms with Crippen molar-refractivity contribution >= 4 is 18.4 Å². The third kappa shape index (κ3) is 9.17. The maximum absolute atomic E-state index is 11.5. The molecule has 0 aromatic carbocycles. The molecule has 0 bridgehead atoms. The number of urea groups is 1. The fourth-order valence-corrected chi connectivity index (χ4v) is 2.75. The lowest BCUT2D eigenvalue weighted by Gasteiger charge is -2.27. The second-order valence-electron chi connectivity index (χ2n) is 5.96. The van der Waals surface area contributed by atoms with Crippen LogP contribution in [0.1, 0.15) is 58.3 Å². The molecule has 0 spiro atoms. The average Bonchev–Trinajstić information content (AvgIpc) is 2.46. The van der Waals surface area contributed by atoms with Crippen molar-refractivity contribution in [3.8, 4) is 0 Å². The van der Waals surface area contributed by atoms with Crippen molar-refractivity contribution in [3.63, 3.8) is 0 Å². The van der Waals surface area contributed by atoms with Gasteiger partial charge in [-0.1, -0.05) is 45.4 Å². The maximum atomic E-state index is 11.5. The smallest absolute Gasteiger partial charge is 0.314 e. The first kappa shape index (κ1) is 20.5. The van der Waals surface area contributed by atoms with Crippen LogP contribution in [0.25, 0.3) is 0 Å². The van der Waals surface area contributed by atoms with Crippen LogP contribution in [0.2, 0.25) is 0 Å². The lowest BCUT2D eigenvalue weighted by atomic mass is 9.84. The zero-order valence-electron chi connectivity index (χ0n) is 13.1. The van der Waals surface area contributed by atoms with Crippen molar-refractivity contribution < 1.29 is 9.90 Å². The van der Waals surface area contributed by atoms with Gasteiger partial charge in [0.2, 0.25) is 0 Å². The van der Waals surface area contributed by atoms with Crippen molar-refractivity contribution in [3.05, 3.63) is 0 Å². The Kier molecular flexibility index (Phi) is 11.8. The van der Waals surface area contributed by atoms with Gasteiger partial charge < -0.3 is 21.5 Å². The van der Waals surface area contributed by atoms with Crippen LogP contribution in [0, 0.1) is 5.92 Å². The zero-order valence-corrected chi connectivity index (χ0v) is 14.0. The van der Waals surface area contributed by atoms with Crippen LogP contribution < -0.4 is 16.4 Å². The SMILES string of the molecule is CCCCNC(=O)NC[C@@H](O)[C@@H](N)CC1CCCCC1.Cl. The summed E-state index contributed by atoms with van der Waals surface area (Å²) in [5, 5.41) is 15.4. The number of amides is 2. The lowest BCUT2D eigenvalue weighted by molar-refractivity contribution is 0.126. The summed E-state index contributed by atoms with van der Waals surface area (Å²) in [6.07, 6.45) is 8.57. The highest BCUT2D eigenvalue weighted by atomic mass is 35.5. The second kappa shape index (κ2) is 12.1. The predicted octanol–water partition coefficient (Wildman–Crippen LogP) is 2.17. The summed E-state index contributed by atoms with van der Waals surface area (Å²) in [6.45, 7) is 2.98. The van der Waals surface area contributed by atoms with Crippen molar-refractivity contribution in [2.45, 2.75) is 70.4 Å². The standard InChI is InChI=1S/C15H31N3O2.ClH/c1-2-3-9-17-15(20)18-11-14(19)13(16)10-12-7-5-4-6-8-12;/h12-14,19H,2-11,16H2,1H3,(H2,17,18,20);1H/t13-,14+;/m0./s1. The van der Waals surface area contributed by atoms with Gasteiger partial charge in [-0.15, -0.1) is 12.4 Å². The average molecular weight is 322 g/mol. The predicted molar refractivity (Wildman–Crippen MR) is 88.7 cm³/mol. The van der Waals surface area contributed by atoms with Gasteiger partial charge in [0.15, 0.2) is 0 Å². The van der Waals surface area contributed by atoms with E-state index in [1.165, 1.54) is 32.1 Å². The topological polar surface area (TPSA) is 87.4 Å². The molecule has 2 atom stereocenters. The molecule has 0 aromatic rings. The van der Waals surface area contributed by atoms with E-state index < -0.39 is 6.10 Å². The highest BCUT2D eigenvalue weighted by molar-refractivity contribution is 5.85. The van der Waals surface area contributed by atoms with Gasteiger partial charge in [0.25, 0.3) is 0 Å². The van der Waals surface area contributed by atoms with Crippen LogP contribution >= 0.6 is 12.4 Å². The Hall–Kier alpha value is -0.520. The maximum Gasteiger partial charge on any atom is 0.314 e. The van der Waals surface area contributed by atoms with E-state index in [2.05, 4.69) is 17.6 Å². The van der Waals surface area contributed by atoms with Crippen LogP contribution in [0.3, 0.4) is 0 Å². The summed E-state index contributed by atoms with van der Waals surface area (Å²) in [6, 6.07) is -0.462. The van der Waals surface area contributed by atoms with Crippen LogP contribution in [-0.4, -0.2) is 36.4 Å². The second-order valence-corrected chi connectivity index (χ2v) is 5.96. The molecule has 0 unspecified atom stereocenters. The molecular formula is C15H32ClN3O2. The third-order valence-electron chi connectivity index (χ3n) is 4.11. The minimum Gasteiger partial charge on any atom is -0.390 e. The Labute approximate surface area is 134 Å². The molecule has 1 rings (SSSR count). The van der Waals surface area contributed by atoms with Gasteiger partial charge in [-0.05, 0) is 18.8 Å². The van der Waals surface area contributed by atoms with Crippen LogP contribution in [0.4, 0.5) is 4.79 Å². The molecule has 1 fully saturated rings. The van der Waals surface area contributed by atoms with Gasteiger partial charge in [0.1, 0.15) is 0 Å². The molecule has 1 aliphatic carbocycles. The van der Waals surface area contributed by atoms with E-state index in [1.54, 1.807) is 0 Å². The summed E-state index contributed by atoms with van der Waals surface area (Å²) in [7, 11) is 0. The first-order valence-corrected chi connectivity index (χ1v) is 8.08. The van der Waals surface area contributed by atoms with Crippen LogP contribution in [0.15, 0.2) is 0 Å². The number of carbonyl (C=O) groups excluding carboxylic acids is 1. The Bertz CT molecular complexity index is 274. The largest absolute Gasteiger partial charge is 0.390 e. The Morgan fingerprint density at radius 2 is 1.95 bits per heavy atom. The number of hydrogen-bond acceptors (Lipinski definition) is 3. The molecule has 0 aliphatic heterocycles. The molecular weight excluding hydrogens is 290 g/mol. The first-order chi connectivity index (χ1) is 9.63.